The van der Waals surface area contributed by atoms with E-state index in [2.05, 4.69) is 15.6 Å². The zero-order chi connectivity index (χ0) is 18.4. The van der Waals surface area contributed by atoms with E-state index in [0.717, 1.165) is 5.56 Å². The number of anilines is 1. The van der Waals surface area contributed by atoms with Crippen LogP contribution in [0.2, 0.25) is 0 Å². The molecule has 26 heavy (non-hydrogen) atoms. The maximum atomic E-state index is 12.9. The summed E-state index contributed by atoms with van der Waals surface area (Å²) in [5.41, 5.74) is 2.25. The van der Waals surface area contributed by atoms with Crippen LogP contribution in [0.1, 0.15) is 26.3 Å². The molecule has 0 aliphatic rings. The first-order chi connectivity index (χ1) is 12.6. The SMILES string of the molecule is O=C(NCc1cccnc1)c1ccc(C(=O)Nc2ccc(F)cc2)cc1. The third-order valence-corrected chi connectivity index (χ3v) is 3.69. The lowest BCUT2D eigenvalue weighted by Crippen LogP contribution is -2.23. The van der Waals surface area contributed by atoms with Crippen LogP contribution in [0.15, 0.2) is 73.1 Å². The first-order valence-electron chi connectivity index (χ1n) is 7.96. The van der Waals surface area contributed by atoms with Crippen molar-refractivity contribution in [1.82, 2.24) is 10.3 Å². The number of halogens is 1. The second-order valence-electron chi connectivity index (χ2n) is 5.58. The van der Waals surface area contributed by atoms with Gasteiger partial charge >= 0.3 is 0 Å². The largest absolute Gasteiger partial charge is 0.348 e. The molecule has 2 amide bonds. The summed E-state index contributed by atoms with van der Waals surface area (Å²) < 4.78 is 12.9. The molecule has 3 aromatic rings. The molecule has 0 aliphatic carbocycles. The van der Waals surface area contributed by atoms with Gasteiger partial charge in [0.25, 0.3) is 11.8 Å². The maximum absolute atomic E-state index is 12.9. The zero-order valence-corrected chi connectivity index (χ0v) is 13.8. The van der Waals surface area contributed by atoms with Gasteiger partial charge in [-0.25, -0.2) is 4.39 Å². The van der Waals surface area contributed by atoms with E-state index in [-0.39, 0.29) is 17.6 Å². The minimum Gasteiger partial charge on any atom is -0.348 e. The molecule has 6 heteroatoms. The first-order valence-corrected chi connectivity index (χ1v) is 7.96. The van der Waals surface area contributed by atoms with Crippen molar-refractivity contribution in [2.45, 2.75) is 6.54 Å². The molecule has 0 atom stereocenters. The van der Waals surface area contributed by atoms with Crippen molar-refractivity contribution in [2.24, 2.45) is 0 Å². The van der Waals surface area contributed by atoms with Crippen molar-refractivity contribution in [3.05, 3.63) is 95.6 Å². The van der Waals surface area contributed by atoms with Crippen molar-refractivity contribution in [3.8, 4) is 0 Å². The predicted molar refractivity (Wildman–Crippen MR) is 96.2 cm³/mol. The van der Waals surface area contributed by atoms with Crippen LogP contribution in [0.25, 0.3) is 0 Å². The fourth-order valence-electron chi connectivity index (χ4n) is 2.30. The molecular weight excluding hydrogens is 333 g/mol. The molecule has 5 nitrogen and oxygen atoms in total. The van der Waals surface area contributed by atoms with Crippen LogP contribution in [0.3, 0.4) is 0 Å². The Bertz CT molecular complexity index is 895. The molecule has 0 spiro atoms. The molecule has 0 bridgehead atoms. The molecular formula is C20H16FN3O2. The Balaban J connectivity index is 1.59. The number of hydrogen-bond acceptors (Lipinski definition) is 3. The summed E-state index contributed by atoms with van der Waals surface area (Å²) in [5, 5.41) is 5.46. The van der Waals surface area contributed by atoms with Gasteiger partial charge in [-0.15, -0.1) is 0 Å². The average molecular weight is 349 g/mol. The fraction of sp³-hybridized carbons (Fsp3) is 0.0500. The number of nitrogens with one attached hydrogen (secondary N) is 2. The van der Waals surface area contributed by atoms with Crippen molar-refractivity contribution in [1.29, 1.82) is 0 Å². The van der Waals surface area contributed by atoms with Gasteiger partial charge in [-0.1, -0.05) is 6.07 Å². The lowest BCUT2D eigenvalue weighted by molar-refractivity contribution is 0.0949. The number of hydrogen-bond donors (Lipinski definition) is 2. The van der Waals surface area contributed by atoms with E-state index in [4.69, 9.17) is 0 Å². The highest BCUT2D eigenvalue weighted by Gasteiger charge is 2.09. The van der Waals surface area contributed by atoms with E-state index in [1.54, 1.807) is 42.7 Å². The van der Waals surface area contributed by atoms with Crippen molar-refractivity contribution in [2.75, 3.05) is 5.32 Å². The second kappa shape index (κ2) is 8.02. The summed E-state index contributed by atoms with van der Waals surface area (Å²) in [4.78, 5) is 28.3. The zero-order valence-electron chi connectivity index (χ0n) is 13.8. The Hall–Kier alpha value is -3.54. The van der Waals surface area contributed by atoms with Gasteiger partial charge in [0.2, 0.25) is 0 Å². The Morgan fingerprint density at radius 3 is 2.15 bits per heavy atom. The van der Waals surface area contributed by atoms with Gasteiger partial charge in [0.05, 0.1) is 0 Å². The van der Waals surface area contributed by atoms with E-state index in [1.807, 2.05) is 6.07 Å². The molecule has 1 aromatic heterocycles. The molecule has 1 heterocycles. The first kappa shape index (κ1) is 17.3. The highest BCUT2D eigenvalue weighted by molar-refractivity contribution is 6.05. The Labute approximate surface area is 149 Å². The summed E-state index contributed by atoms with van der Waals surface area (Å²) in [5.74, 6) is -0.942. The molecule has 130 valence electrons. The van der Waals surface area contributed by atoms with Crippen LogP contribution >= 0.6 is 0 Å². The lowest BCUT2D eigenvalue weighted by Gasteiger charge is -2.07. The number of aromatic nitrogens is 1. The molecule has 3 rings (SSSR count). The predicted octanol–water partition coefficient (Wildman–Crippen LogP) is 3.40. The highest BCUT2D eigenvalue weighted by atomic mass is 19.1. The molecule has 2 N–H and O–H groups in total. The van der Waals surface area contributed by atoms with Gasteiger partial charge in [-0.05, 0) is 60.2 Å². The number of pyridine rings is 1. The topological polar surface area (TPSA) is 71.1 Å². The number of amides is 2. The lowest BCUT2D eigenvalue weighted by atomic mass is 10.1. The van der Waals surface area contributed by atoms with Crippen molar-refractivity contribution < 1.29 is 14.0 Å². The number of carbonyl (C=O) groups excluding carboxylic acids is 2. The van der Waals surface area contributed by atoms with E-state index >= 15 is 0 Å². The monoisotopic (exact) mass is 349 g/mol. The van der Waals surface area contributed by atoms with Gasteiger partial charge in [0.1, 0.15) is 5.82 Å². The van der Waals surface area contributed by atoms with Gasteiger partial charge in [0, 0.05) is 35.8 Å². The molecule has 0 saturated heterocycles. The minimum atomic E-state index is -0.371. The third-order valence-electron chi connectivity index (χ3n) is 3.69. The second-order valence-corrected chi connectivity index (χ2v) is 5.58. The fourth-order valence-corrected chi connectivity index (χ4v) is 2.30. The molecule has 0 aliphatic heterocycles. The van der Waals surface area contributed by atoms with E-state index in [9.17, 15) is 14.0 Å². The van der Waals surface area contributed by atoms with Crippen LogP contribution in [0.5, 0.6) is 0 Å². The average Bonchev–Trinajstić information content (AvgIpc) is 2.69. The van der Waals surface area contributed by atoms with Gasteiger partial charge in [0.15, 0.2) is 0 Å². The maximum Gasteiger partial charge on any atom is 0.255 e. The number of rotatable bonds is 5. The normalized spacial score (nSPS) is 10.2. The standard InChI is InChI=1S/C20H16FN3O2/c21-17-7-9-18(10-8-17)24-20(26)16-5-3-15(4-6-16)19(25)23-13-14-2-1-11-22-12-14/h1-12H,13H2,(H,23,25)(H,24,26). The van der Waals surface area contributed by atoms with Gasteiger partial charge in [-0.3, -0.25) is 14.6 Å². The molecule has 2 aromatic carbocycles. The molecule has 0 radical (unpaired) electrons. The highest BCUT2D eigenvalue weighted by Crippen LogP contribution is 2.11. The van der Waals surface area contributed by atoms with Crippen LogP contribution < -0.4 is 10.6 Å². The van der Waals surface area contributed by atoms with Crippen molar-refractivity contribution in [3.63, 3.8) is 0 Å². The van der Waals surface area contributed by atoms with E-state index in [1.165, 1.54) is 24.3 Å². The van der Waals surface area contributed by atoms with Crippen LogP contribution in [-0.2, 0) is 6.54 Å². The molecule has 0 saturated carbocycles. The summed E-state index contributed by atoms with van der Waals surface area (Å²) in [6.45, 7) is 0.374. The smallest absolute Gasteiger partial charge is 0.255 e. The molecule has 0 fully saturated rings. The van der Waals surface area contributed by atoms with Gasteiger partial charge < -0.3 is 10.6 Å². The van der Waals surface area contributed by atoms with E-state index in [0.29, 0.717) is 23.4 Å². The summed E-state index contributed by atoms with van der Waals surface area (Å²) in [6, 6.07) is 15.5. The Kier molecular flexibility index (Phi) is 5.34. The van der Waals surface area contributed by atoms with Crippen LogP contribution in [0, 0.1) is 5.82 Å². The van der Waals surface area contributed by atoms with Gasteiger partial charge in [-0.2, -0.15) is 0 Å². The summed E-state index contributed by atoms with van der Waals surface area (Å²) >= 11 is 0. The Morgan fingerprint density at radius 1 is 0.885 bits per heavy atom. The summed E-state index contributed by atoms with van der Waals surface area (Å²) in [6.07, 6.45) is 3.35. The number of carbonyl (C=O) groups is 2. The third kappa shape index (κ3) is 4.51. The summed E-state index contributed by atoms with van der Waals surface area (Å²) in [7, 11) is 0. The van der Waals surface area contributed by atoms with Crippen molar-refractivity contribution >= 4 is 17.5 Å². The quantitative estimate of drug-likeness (QED) is 0.742. The van der Waals surface area contributed by atoms with Crippen LogP contribution in [0.4, 0.5) is 10.1 Å². The Morgan fingerprint density at radius 2 is 1.54 bits per heavy atom. The molecule has 0 unspecified atom stereocenters. The minimum absolute atomic E-state index is 0.237. The number of nitrogens with zero attached hydrogens (tertiary/aromatic N) is 1. The number of benzene rings is 2. The van der Waals surface area contributed by atoms with E-state index < -0.39 is 0 Å². The van der Waals surface area contributed by atoms with Crippen LogP contribution in [-0.4, -0.2) is 16.8 Å².